The molecule has 1 heterocycles. The average Bonchev–Trinajstić information content (AvgIpc) is 2.86. The summed E-state index contributed by atoms with van der Waals surface area (Å²) in [6, 6.07) is 5.23. The van der Waals surface area contributed by atoms with E-state index in [4.69, 9.17) is 11.6 Å². The first-order valence-electron chi connectivity index (χ1n) is 5.79. The van der Waals surface area contributed by atoms with Crippen molar-refractivity contribution in [2.75, 3.05) is 17.7 Å². The molecule has 0 saturated heterocycles. The summed E-state index contributed by atoms with van der Waals surface area (Å²) in [6.07, 6.45) is 2.31. The van der Waals surface area contributed by atoms with E-state index >= 15 is 0 Å². The van der Waals surface area contributed by atoms with Crippen LogP contribution in [0.3, 0.4) is 0 Å². The second-order valence-corrected chi connectivity index (χ2v) is 4.30. The molecule has 0 unspecified atom stereocenters. The van der Waals surface area contributed by atoms with Crippen LogP contribution >= 0.6 is 11.6 Å². The van der Waals surface area contributed by atoms with Crippen molar-refractivity contribution in [3.8, 4) is 0 Å². The van der Waals surface area contributed by atoms with Crippen molar-refractivity contribution in [2.24, 2.45) is 0 Å². The van der Waals surface area contributed by atoms with Crippen LogP contribution in [0.15, 0.2) is 24.4 Å². The zero-order valence-electron chi connectivity index (χ0n) is 10.1. The molecule has 100 valence electrons. The fourth-order valence-electron chi connectivity index (χ4n) is 1.55. The zero-order valence-corrected chi connectivity index (χ0v) is 10.8. The lowest BCUT2D eigenvalue weighted by molar-refractivity contribution is -0.136. The topological polar surface area (TPSA) is 86.9 Å². The van der Waals surface area contributed by atoms with Crippen molar-refractivity contribution in [3.63, 3.8) is 0 Å². The number of alkyl halides is 1. The van der Waals surface area contributed by atoms with Gasteiger partial charge in [0.05, 0.1) is 11.7 Å². The highest BCUT2D eigenvalue weighted by atomic mass is 35.5. The number of carbonyl (C=O) groups excluding carboxylic acids is 2. The molecule has 0 atom stereocenters. The summed E-state index contributed by atoms with van der Waals surface area (Å²) in [5.74, 6) is -0.929. The SMILES string of the molecule is O=C(NCCCCl)C(=O)Nc1ccc2cn[nH]c2c1. The maximum atomic E-state index is 11.6. The van der Waals surface area contributed by atoms with Crippen LogP contribution in [0.5, 0.6) is 0 Å². The van der Waals surface area contributed by atoms with Crippen LogP contribution < -0.4 is 10.6 Å². The Balaban J connectivity index is 1.95. The van der Waals surface area contributed by atoms with E-state index in [2.05, 4.69) is 20.8 Å². The van der Waals surface area contributed by atoms with Gasteiger partial charge in [0, 0.05) is 23.5 Å². The van der Waals surface area contributed by atoms with Crippen LogP contribution in [0.1, 0.15) is 6.42 Å². The summed E-state index contributed by atoms with van der Waals surface area (Å²) < 4.78 is 0. The quantitative estimate of drug-likeness (QED) is 0.447. The van der Waals surface area contributed by atoms with Gasteiger partial charge in [0.2, 0.25) is 0 Å². The molecule has 1 aromatic heterocycles. The number of anilines is 1. The van der Waals surface area contributed by atoms with E-state index in [1.165, 1.54) is 0 Å². The summed E-state index contributed by atoms with van der Waals surface area (Å²) in [7, 11) is 0. The Morgan fingerprint density at radius 1 is 1.32 bits per heavy atom. The highest BCUT2D eigenvalue weighted by Crippen LogP contribution is 2.16. The Morgan fingerprint density at radius 3 is 2.95 bits per heavy atom. The number of nitrogens with zero attached hydrogens (tertiary/aromatic N) is 1. The van der Waals surface area contributed by atoms with Gasteiger partial charge in [-0.1, -0.05) is 0 Å². The van der Waals surface area contributed by atoms with Crippen molar-refractivity contribution in [1.29, 1.82) is 0 Å². The molecule has 3 N–H and O–H groups in total. The van der Waals surface area contributed by atoms with Crippen LogP contribution in [-0.4, -0.2) is 34.4 Å². The largest absolute Gasteiger partial charge is 0.348 e. The van der Waals surface area contributed by atoms with Gasteiger partial charge in [-0.15, -0.1) is 11.6 Å². The number of hydrogen-bond donors (Lipinski definition) is 3. The third-order valence-electron chi connectivity index (χ3n) is 2.50. The van der Waals surface area contributed by atoms with E-state index in [0.29, 0.717) is 24.5 Å². The van der Waals surface area contributed by atoms with Gasteiger partial charge in [-0.25, -0.2) is 0 Å². The van der Waals surface area contributed by atoms with Gasteiger partial charge in [-0.3, -0.25) is 14.7 Å². The number of aromatic nitrogens is 2. The Morgan fingerprint density at radius 2 is 2.16 bits per heavy atom. The van der Waals surface area contributed by atoms with Crippen molar-refractivity contribution >= 4 is 40.0 Å². The highest BCUT2D eigenvalue weighted by Gasteiger charge is 2.13. The predicted octanol–water partition coefficient (Wildman–Crippen LogP) is 1.25. The van der Waals surface area contributed by atoms with E-state index < -0.39 is 11.8 Å². The first-order chi connectivity index (χ1) is 9.20. The standard InChI is InChI=1S/C12H13ClN4O2/c13-4-1-5-14-11(18)12(19)16-9-3-2-8-7-15-17-10(8)6-9/h2-3,6-7H,1,4-5H2,(H,14,18)(H,15,17)(H,16,19). The maximum Gasteiger partial charge on any atom is 0.313 e. The summed E-state index contributed by atoms with van der Waals surface area (Å²) in [5, 5.41) is 12.6. The molecule has 0 fully saturated rings. The van der Waals surface area contributed by atoms with E-state index in [9.17, 15) is 9.59 Å². The molecule has 0 spiro atoms. The Hall–Kier alpha value is -2.08. The Labute approximate surface area is 114 Å². The minimum Gasteiger partial charge on any atom is -0.348 e. The molecule has 19 heavy (non-hydrogen) atoms. The van der Waals surface area contributed by atoms with Gasteiger partial charge >= 0.3 is 11.8 Å². The van der Waals surface area contributed by atoms with Gasteiger partial charge < -0.3 is 10.6 Å². The first kappa shape index (κ1) is 13.4. The number of hydrogen-bond acceptors (Lipinski definition) is 3. The third kappa shape index (κ3) is 3.45. The van der Waals surface area contributed by atoms with Crippen LogP contribution in [0, 0.1) is 0 Å². The second-order valence-electron chi connectivity index (χ2n) is 3.92. The van der Waals surface area contributed by atoms with Crippen LogP contribution in [0.2, 0.25) is 0 Å². The number of carbonyl (C=O) groups is 2. The number of halogens is 1. The first-order valence-corrected chi connectivity index (χ1v) is 6.32. The molecule has 7 heteroatoms. The smallest absolute Gasteiger partial charge is 0.313 e. The molecule has 0 radical (unpaired) electrons. The summed E-state index contributed by atoms with van der Waals surface area (Å²) >= 11 is 5.48. The molecule has 0 bridgehead atoms. The fraction of sp³-hybridized carbons (Fsp3) is 0.250. The molecule has 0 saturated carbocycles. The minimum absolute atomic E-state index is 0.384. The van der Waals surface area contributed by atoms with Crippen LogP contribution in [0.4, 0.5) is 5.69 Å². The molecule has 2 amide bonds. The molecule has 0 aliphatic heterocycles. The van der Waals surface area contributed by atoms with Crippen molar-refractivity contribution in [3.05, 3.63) is 24.4 Å². The normalized spacial score (nSPS) is 10.4. The van der Waals surface area contributed by atoms with Crippen molar-refractivity contribution < 1.29 is 9.59 Å². The van der Waals surface area contributed by atoms with E-state index in [1.807, 2.05) is 0 Å². The van der Waals surface area contributed by atoms with E-state index in [-0.39, 0.29) is 0 Å². The lowest BCUT2D eigenvalue weighted by atomic mass is 10.2. The van der Waals surface area contributed by atoms with E-state index in [0.717, 1.165) is 10.9 Å². The molecule has 0 aliphatic carbocycles. The fourth-order valence-corrected chi connectivity index (χ4v) is 1.69. The predicted molar refractivity (Wildman–Crippen MR) is 73.1 cm³/mol. The Bertz CT molecular complexity index is 596. The van der Waals surface area contributed by atoms with Crippen LogP contribution in [0.25, 0.3) is 10.9 Å². The third-order valence-corrected chi connectivity index (χ3v) is 2.77. The van der Waals surface area contributed by atoms with Gasteiger partial charge in [-0.2, -0.15) is 5.10 Å². The molecule has 0 aliphatic rings. The molecular weight excluding hydrogens is 268 g/mol. The number of amides is 2. The van der Waals surface area contributed by atoms with Gasteiger partial charge in [0.25, 0.3) is 0 Å². The van der Waals surface area contributed by atoms with Gasteiger partial charge in [0.1, 0.15) is 0 Å². The minimum atomic E-state index is -0.701. The number of nitrogens with one attached hydrogen (secondary N) is 3. The van der Waals surface area contributed by atoms with Gasteiger partial charge in [-0.05, 0) is 24.6 Å². The summed E-state index contributed by atoms with van der Waals surface area (Å²) in [4.78, 5) is 23.0. The zero-order chi connectivity index (χ0) is 13.7. The molecule has 2 aromatic rings. The number of fused-ring (bicyclic) bond motifs is 1. The number of rotatable bonds is 4. The average molecular weight is 281 g/mol. The second kappa shape index (κ2) is 6.19. The number of benzene rings is 1. The monoisotopic (exact) mass is 280 g/mol. The molecule has 1 aromatic carbocycles. The lowest BCUT2D eigenvalue weighted by Crippen LogP contribution is -2.36. The van der Waals surface area contributed by atoms with Crippen molar-refractivity contribution in [2.45, 2.75) is 6.42 Å². The molecule has 6 nitrogen and oxygen atoms in total. The van der Waals surface area contributed by atoms with Gasteiger partial charge in [0.15, 0.2) is 0 Å². The van der Waals surface area contributed by atoms with Crippen molar-refractivity contribution in [1.82, 2.24) is 15.5 Å². The maximum absolute atomic E-state index is 11.6. The highest BCUT2D eigenvalue weighted by molar-refractivity contribution is 6.39. The summed E-state index contributed by atoms with van der Waals surface area (Å²) in [6.45, 7) is 0.384. The lowest BCUT2D eigenvalue weighted by Gasteiger charge is -2.05. The number of H-pyrrole nitrogens is 1. The van der Waals surface area contributed by atoms with Crippen LogP contribution in [-0.2, 0) is 9.59 Å². The molecular formula is C12H13ClN4O2. The van der Waals surface area contributed by atoms with E-state index in [1.54, 1.807) is 24.4 Å². The Kier molecular flexibility index (Phi) is 4.35. The number of aromatic amines is 1. The molecule has 2 rings (SSSR count). The summed E-state index contributed by atoms with van der Waals surface area (Å²) in [5.41, 5.74) is 1.33.